The molecule has 3 N–H and O–H groups in total. The summed E-state index contributed by atoms with van der Waals surface area (Å²) in [5.74, 6) is -1.03. The Balaban J connectivity index is 2.66. The molecule has 0 bridgehead atoms. The topological polar surface area (TPSA) is 98.5 Å². The molecular formula is C13H19FN2O4S. The number of halogens is 1. The largest absolute Gasteiger partial charge is 0.466 e. The van der Waals surface area contributed by atoms with Crippen molar-refractivity contribution in [2.75, 3.05) is 18.9 Å². The summed E-state index contributed by atoms with van der Waals surface area (Å²) in [5.41, 5.74) is 5.42. The van der Waals surface area contributed by atoms with E-state index in [4.69, 9.17) is 10.5 Å². The second-order valence-corrected chi connectivity index (χ2v) is 6.18. The Morgan fingerprint density at radius 1 is 1.43 bits per heavy atom. The first-order chi connectivity index (χ1) is 9.77. The van der Waals surface area contributed by atoms with Gasteiger partial charge in [0.1, 0.15) is 5.82 Å². The van der Waals surface area contributed by atoms with Crippen LogP contribution < -0.4 is 10.5 Å². The van der Waals surface area contributed by atoms with Crippen LogP contribution in [0.25, 0.3) is 0 Å². The highest BCUT2D eigenvalue weighted by atomic mass is 32.2. The van der Waals surface area contributed by atoms with Crippen LogP contribution in [0, 0.1) is 12.7 Å². The van der Waals surface area contributed by atoms with E-state index in [2.05, 4.69) is 4.72 Å². The minimum atomic E-state index is -3.79. The van der Waals surface area contributed by atoms with Crippen molar-refractivity contribution in [3.05, 3.63) is 23.5 Å². The van der Waals surface area contributed by atoms with Crippen LogP contribution >= 0.6 is 0 Å². The second-order valence-electron chi connectivity index (χ2n) is 4.45. The van der Waals surface area contributed by atoms with E-state index in [9.17, 15) is 17.6 Å². The predicted octanol–water partition coefficient (Wildman–Crippen LogP) is 1.34. The van der Waals surface area contributed by atoms with Crippen LogP contribution in [0.1, 0.15) is 25.3 Å². The summed E-state index contributed by atoms with van der Waals surface area (Å²) < 4.78 is 44.5. The zero-order valence-corrected chi connectivity index (χ0v) is 12.8. The average Bonchev–Trinajstić information content (AvgIpc) is 2.39. The molecule has 0 spiro atoms. The quantitative estimate of drug-likeness (QED) is 0.449. The van der Waals surface area contributed by atoms with Gasteiger partial charge >= 0.3 is 5.97 Å². The van der Waals surface area contributed by atoms with E-state index in [1.165, 1.54) is 6.92 Å². The molecule has 0 aliphatic carbocycles. The number of ether oxygens (including phenoxy) is 1. The standard InChI is InChI=1S/C13H19FN2O4S/c1-3-20-13(17)5-4-6-16-21(18,19)12-8-11(15)10(14)7-9(12)2/h7-8,16H,3-6,15H2,1-2H3. The summed E-state index contributed by atoms with van der Waals surface area (Å²) in [4.78, 5) is 11.0. The number of hydrogen-bond acceptors (Lipinski definition) is 5. The number of aryl methyl sites for hydroxylation is 1. The number of anilines is 1. The number of carbonyl (C=O) groups excluding carboxylic acids is 1. The molecule has 0 fully saturated rings. The molecule has 6 nitrogen and oxygen atoms in total. The van der Waals surface area contributed by atoms with Crippen molar-refractivity contribution >= 4 is 21.7 Å². The summed E-state index contributed by atoms with van der Waals surface area (Å²) in [5, 5.41) is 0. The average molecular weight is 318 g/mol. The Morgan fingerprint density at radius 3 is 2.71 bits per heavy atom. The number of nitrogen functional groups attached to an aromatic ring is 1. The number of hydrogen-bond donors (Lipinski definition) is 2. The molecule has 0 aliphatic rings. The first kappa shape index (κ1) is 17.4. The third kappa shape index (κ3) is 4.98. The zero-order valence-electron chi connectivity index (χ0n) is 12.0. The van der Waals surface area contributed by atoms with Gasteiger partial charge in [-0.15, -0.1) is 0 Å². The third-order valence-corrected chi connectivity index (χ3v) is 4.34. The molecule has 8 heteroatoms. The number of sulfonamides is 1. The number of nitrogens with two attached hydrogens (primary N) is 1. The van der Waals surface area contributed by atoms with Crippen molar-refractivity contribution in [3.63, 3.8) is 0 Å². The Bertz CT molecular complexity index is 617. The van der Waals surface area contributed by atoms with E-state index >= 15 is 0 Å². The molecule has 0 atom stereocenters. The SMILES string of the molecule is CCOC(=O)CCCNS(=O)(=O)c1cc(N)c(F)cc1C. The lowest BCUT2D eigenvalue weighted by atomic mass is 10.2. The molecule has 0 saturated carbocycles. The van der Waals surface area contributed by atoms with Gasteiger partial charge in [-0.25, -0.2) is 17.5 Å². The number of carbonyl (C=O) groups is 1. The van der Waals surface area contributed by atoms with Gasteiger partial charge in [0.2, 0.25) is 10.0 Å². The van der Waals surface area contributed by atoms with Crippen molar-refractivity contribution in [3.8, 4) is 0 Å². The molecule has 1 aromatic rings. The van der Waals surface area contributed by atoms with E-state index in [1.54, 1.807) is 6.92 Å². The predicted molar refractivity (Wildman–Crippen MR) is 76.6 cm³/mol. The highest BCUT2D eigenvalue weighted by Gasteiger charge is 2.18. The van der Waals surface area contributed by atoms with Gasteiger partial charge in [-0.2, -0.15) is 0 Å². The maximum Gasteiger partial charge on any atom is 0.305 e. The number of rotatable bonds is 7. The van der Waals surface area contributed by atoms with Crippen LogP contribution in [-0.4, -0.2) is 27.5 Å². The van der Waals surface area contributed by atoms with Crippen LogP contribution in [0.4, 0.5) is 10.1 Å². The summed E-state index contributed by atoms with van der Waals surface area (Å²) in [6.45, 7) is 3.55. The molecule has 0 heterocycles. The van der Waals surface area contributed by atoms with Gasteiger partial charge in [0.05, 0.1) is 17.2 Å². The maximum atomic E-state index is 13.2. The maximum absolute atomic E-state index is 13.2. The lowest BCUT2D eigenvalue weighted by Crippen LogP contribution is -2.26. The molecule has 0 unspecified atom stereocenters. The lowest BCUT2D eigenvalue weighted by molar-refractivity contribution is -0.143. The Morgan fingerprint density at radius 2 is 2.10 bits per heavy atom. The lowest BCUT2D eigenvalue weighted by Gasteiger charge is -2.10. The summed E-state index contributed by atoms with van der Waals surface area (Å²) in [6, 6.07) is 2.15. The van der Waals surface area contributed by atoms with Crippen LogP contribution in [0.15, 0.2) is 17.0 Å². The normalized spacial score (nSPS) is 11.4. The smallest absolute Gasteiger partial charge is 0.305 e. The summed E-state index contributed by atoms with van der Waals surface area (Å²) >= 11 is 0. The van der Waals surface area contributed by atoms with E-state index in [-0.39, 0.29) is 35.1 Å². The van der Waals surface area contributed by atoms with E-state index in [0.29, 0.717) is 13.0 Å². The molecule has 1 aromatic carbocycles. The van der Waals surface area contributed by atoms with Crippen LogP contribution in [0.3, 0.4) is 0 Å². The van der Waals surface area contributed by atoms with Crippen LogP contribution in [0.5, 0.6) is 0 Å². The van der Waals surface area contributed by atoms with Gasteiger partial charge in [0.15, 0.2) is 0 Å². The fraction of sp³-hybridized carbons (Fsp3) is 0.462. The van der Waals surface area contributed by atoms with Crippen molar-refractivity contribution in [1.29, 1.82) is 0 Å². The van der Waals surface area contributed by atoms with Gasteiger partial charge in [-0.05, 0) is 38.0 Å². The van der Waals surface area contributed by atoms with Crippen LogP contribution in [0.2, 0.25) is 0 Å². The fourth-order valence-electron chi connectivity index (χ4n) is 1.71. The van der Waals surface area contributed by atoms with Crippen molar-refractivity contribution < 1.29 is 22.3 Å². The van der Waals surface area contributed by atoms with E-state index in [1.807, 2.05) is 0 Å². The van der Waals surface area contributed by atoms with Gasteiger partial charge in [-0.3, -0.25) is 4.79 Å². The van der Waals surface area contributed by atoms with Gasteiger partial charge in [0, 0.05) is 13.0 Å². The molecule has 21 heavy (non-hydrogen) atoms. The molecule has 0 saturated heterocycles. The van der Waals surface area contributed by atoms with Gasteiger partial charge in [-0.1, -0.05) is 0 Å². The second kappa shape index (κ2) is 7.37. The first-order valence-corrected chi connectivity index (χ1v) is 7.97. The molecule has 0 radical (unpaired) electrons. The molecule has 0 aromatic heterocycles. The number of benzene rings is 1. The van der Waals surface area contributed by atoms with Gasteiger partial charge in [0.25, 0.3) is 0 Å². The monoisotopic (exact) mass is 318 g/mol. The number of esters is 1. The molecular weight excluding hydrogens is 299 g/mol. The molecule has 0 amide bonds. The van der Waals surface area contributed by atoms with Crippen molar-refractivity contribution in [2.24, 2.45) is 0 Å². The Kier molecular flexibility index (Phi) is 6.10. The molecule has 118 valence electrons. The van der Waals surface area contributed by atoms with E-state index < -0.39 is 15.8 Å². The molecule has 0 aliphatic heterocycles. The molecule has 1 rings (SSSR count). The summed E-state index contributed by atoms with van der Waals surface area (Å²) in [6.07, 6.45) is 0.439. The zero-order chi connectivity index (χ0) is 16.0. The highest BCUT2D eigenvalue weighted by Crippen LogP contribution is 2.21. The summed E-state index contributed by atoms with van der Waals surface area (Å²) in [7, 11) is -3.79. The minimum absolute atomic E-state index is 0.0717. The van der Waals surface area contributed by atoms with Crippen LogP contribution in [-0.2, 0) is 19.6 Å². The van der Waals surface area contributed by atoms with Crippen molar-refractivity contribution in [1.82, 2.24) is 4.72 Å². The van der Waals surface area contributed by atoms with E-state index in [0.717, 1.165) is 12.1 Å². The number of nitrogens with one attached hydrogen (secondary N) is 1. The van der Waals surface area contributed by atoms with Crippen molar-refractivity contribution in [2.45, 2.75) is 31.6 Å². The minimum Gasteiger partial charge on any atom is -0.466 e. The Labute approximate surface area is 123 Å². The first-order valence-electron chi connectivity index (χ1n) is 6.49. The third-order valence-electron chi connectivity index (χ3n) is 2.74. The van der Waals surface area contributed by atoms with Gasteiger partial charge < -0.3 is 10.5 Å². The fourth-order valence-corrected chi connectivity index (χ4v) is 3.04. The Hall–Kier alpha value is -1.67. The highest BCUT2D eigenvalue weighted by molar-refractivity contribution is 7.89.